The van der Waals surface area contributed by atoms with Crippen molar-refractivity contribution >= 4 is 0 Å². The lowest BCUT2D eigenvalue weighted by Crippen LogP contribution is -2.34. The highest BCUT2D eigenvalue weighted by molar-refractivity contribution is 5.09. The minimum absolute atomic E-state index is 0.167. The van der Waals surface area contributed by atoms with Crippen LogP contribution in [0.2, 0.25) is 0 Å². The van der Waals surface area contributed by atoms with E-state index in [-0.39, 0.29) is 10.9 Å². The van der Waals surface area contributed by atoms with Gasteiger partial charge in [0.05, 0.1) is 6.20 Å². The van der Waals surface area contributed by atoms with Gasteiger partial charge in [-0.25, -0.2) is 0 Å². The zero-order valence-electron chi connectivity index (χ0n) is 7.18. The zero-order valence-corrected chi connectivity index (χ0v) is 7.18. The lowest BCUT2D eigenvalue weighted by atomic mass is 10.2. The molecule has 0 fully saturated rings. The first kappa shape index (κ1) is 12.6. The van der Waals surface area contributed by atoms with Gasteiger partial charge in [0.1, 0.15) is 5.69 Å². The van der Waals surface area contributed by atoms with Crippen LogP contribution in [0.25, 0.3) is 0 Å². The van der Waals surface area contributed by atoms with E-state index >= 15 is 0 Å². The van der Waals surface area contributed by atoms with E-state index in [4.69, 9.17) is 0 Å². The van der Waals surface area contributed by atoms with Crippen molar-refractivity contribution in [2.75, 3.05) is 0 Å². The predicted octanol–water partition coefficient (Wildman–Crippen LogP) is 2.19. The fourth-order valence-electron chi connectivity index (χ4n) is 0.760. The van der Waals surface area contributed by atoms with Gasteiger partial charge in [0.15, 0.2) is 0 Å². The van der Waals surface area contributed by atoms with Crippen LogP contribution in [0.15, 0.2) is 12.3 Å². The Bertz CT molecular complexity index is 358. The summed E-state index contributed by atoms with van der Waals surface area (Å²) in [6.07, 6.45) is -5.43. The molecule has 1 aromatic rings. The smallest absolute Gasteiger partial charge is 0.327 e. The SMILES string of the molecule is FC(F)On1ccc(C(F)(F)C(F)(F)F)n1. The Labute approximate surface area is 83.4 Å². The van der Waals surface area contributed by atoms with Crippen LogP contribution >= 0.6 is 0 Å². The molecule has 0 saturated carbocycles. The number of rotatable bonds is 3. The topological polar surface area (TPSA) is 27.1 Å². The van der Waals surface area contributed by atoms with Crippen LogP contribution in [0.1, 0.15) is 5.69 Å². The van der Waals surface area contributed by atoms with E-state index in [1.54, 1.807) is 0 Å². The van der Waals surface area contributed by atoms with E-state index in [0.29, 0.717) is 6.20 Å². The number of hydrogen-bond donors (Lipinski definition) is 0. The van der Waals surface area contributed by atoms with Gasteiger partial charge >= 0.3 is 18.7 Å². The average Bonchev–Trinajstić information content (AvgIpc) is 2.49. The molecule has 0 radical (unpaired) electrons. The maximum Gasteiger partial charge on any atom is 0.459 e. The summed E-state index contributed by atoms with van der Waals surface area (Å²) in [7, 11) is 0. The van der Waals surface area contributed by atoms with Crippen molar-refractivity contribution in [3.8, 4) is 0 Å². The number of halogens is 7. The molecule has 0 aliphatic heterocycles. The highest BCUT2D eigenvalue weighted by Gasteiger charge is 2.60. The first-order chi connectivity index (χ1) is 7.14. The number of hydrogen-bond acceptors (Lipinski definition) is 2. The first-order valence-corrected chi connectivity index (χ1v) is 3.60. The third kappa shape index (κ3) is 2.36. The molecule has 1 rings (SSSR count). The van der Waals surface area contributed by atoms with E-state index in [1.165, 1.54) is 0 Å². The van der Waals surface area contributed by atoms with Gasteiger partial charge in [-0.1, -0.05) is 0 Å². The molecule has 0 bridgehead atoms. The Morgan fingerprint density at radius 3 is 2.19 bits per heavy atom. The summed E-state index contributed by atoms with van der Waals surface area (Å²) >= 11 is 0. The van der Waals surface area contributed by atoms with Crippen LogP contribution in [-0.4, -0.2) is 22.7 Å². The van der Waals surface area contributed by atoms with Crippen LogP contribution in [0.4, 0.5) is 30.7 Å². The van der Waals surface area contributed by atoms with Crippen LogP contribution in [0, 0.1) is 0 Å². The normalized spacial score (nSPS) is 13.2. The van der Waals surface area contributed by atoms with Gasteiger partial charge < -0.3 is 4.84 Å². The van der Waals surface area contributed by atoms with Gasteiger partial charge in [-0.2, -0.15) is 30.7 Å². The lowest BCUT2D eigenvalue weighted by Gasteiger charge is -2.16. The van der Waals surface area contributed by atoms with Crippen molar-refractivity contribution in [1.29, 1.82) is 0 Å². The average molecular weight is 252 g/mol. The van der Waals surface area contributed by atoms with Crippen LogP contribution in [-0.2, 0) is 5.92 Å². The Morgan fingerprint density at radius 2 is 1.75 bits per heavy atom. The van der Waals surface area contributed by atoms with E-state index < -0.39 is 24.4 Å². The van der Waals surface area contributed by atoms with Crippen LogP contribution in [0.5, 0.6) is 0 Å². The molecule has 0 aromatic carbocycles. The van der Waals surface area contributed by atoms with Gasteiger partial charge in [-0.05, 0) is 6.07 Å². The molecule has 3 nitrogen and oxygen atoms in total. The highest BCUT2D eigenvalue weighted by atomic mass is 19.4. The van der Waals surface area contributed by atoms with E-state index in [0.717, 1.165) is 0 Å². The van der Waals surface area contributed by atoms with Crippen molar-refractivity contribution in [3.63, 3.8) is 0 Å². The van der Waals surface area contributed by atoms with Gasteiger partial charge in [0.25, 0.3) is 0 Å². The monoisotopic (exact) mass is 252 g/mol. The molecule has 16 heavy (non-hydrogen) atoms. The molecule has 0 amide bonds. The van der Waals surface area contributed by atoms with Gasteiger partial charge in [-0.3, -0.25) is 0 Å². The molecular formula is C6H3F7N2O. The van der Waals surface area contributed by atoms with Crippen LogP contribution in [0.3, 0.4) is 0 Å². The molecule has 0 saturated heterocycles. The van der Waals surface area contributed by atoms with Gasteiger partial charge in [0.2, 0.25) is 0 Å². The molecule has 0 N–H and O–H groups in total. The second kappa shape index (κ2) is 3.83. The maximum absolute atomic E-state index is 12.6. The summed E-state index contributed by atoms with van der Waals surface area (Å²) in [5, 5.41) is 2.53. The molecule has 0 atom stereocenters. The fourth-order valence-corrected chi connectivity index (χ4v) is 0.760. The lowest BCUT2D eigenvalue weighted by molar-refractivity contribution is -0.291. The number of aromatic nitrogens is 2. The standard InChI is InChI=1S/C6H3F7N2O/c7-4(8)16-15-2-1-3(14-15)5(9,10)6(11,12)13/h1-2,4H. The molecule has 0 aliphatic rings. The third-order valence-corrected chi connectivity index (χ3v) is 1.43. The fraction of sp³-hybridized carbons (Fsp3) is 0.500. The second-order valence-electron chi connectivity index (χ2n) is 2.54. The Morgan fingerprint density at radius 1 is 1.19 bits per heavy atom. The minimum atomic E-state index is -5.85. The van der Waals surface area contributed by atoms with Crippen molar-refractivity contribution in [2.24, 2.45) is 0 Å². The van der Waals surface area contributed by atoms with Gasteiger partial charge in [0, 0.05) is 0 Å². The Hall–Kier alpha value is -1.48. The summed E-state index contributed by atoms with van der Waals surface area (Å²) in [6.45, 7) is -3.38. The van der Waals surface area contributed by atoms with Crippen molar-refractivity contribution in [1.82, 2.24) is 9.94 Å². The summed E-state index contributed by atoms with van der Waals surface area (Å²) in [4.78, 5) is 3.31. The molecule has 1 aromatic heterocycles. The molecule has 92 valence electrons. The predicted molar refractivity (Wildman–Crippen MR) is 34.8 cm³/mol. The summed E-state index contributed by atoms with van der Waals surface area (Å²) in [5.41, 5.74) is -1.72. The van der Waals surface area contributed by atoms with Crippen molar-refractivity contribution in [2.45, 2.75) is 18.7 Å². The second-order valence-corrected chi connectivity index (χ2v) is 2.54. The molecule has 0 spiro atoms. The largest absolute Gasteiger partial charge is 0.459 e. The third-order valence-electron chi connectivity index (χ3n) is 1.43. The quantitative estimate of drug-likeness (QED) is 0.771. The van der Waals surface area contributed by atoms with Crippen molar-refractivity contribution in [3.05, 3.63) is 18.0 Å². The van der Waals surface area contributed by atoms with Crippen molar-refractivity contribution < 1.29 is 35.6 Å². The first-order valence-electron chi connectivity index (χ1n) is 3.60. The summed E-state index contributed by atoms with van der Waals surface area (Å²) < 4.78 is 83.7. The van der Waals surface area contributed by atoms with Gasteiger partial charge in [-0.15, -0.1) is 9.94 Å². The summed E-state index contributed by atoms with van der Waals surface area (Å²) in [5.74, 6) is -5.22. The zero-order chi connectivity index (χ0) is 12.6. The maximum atomic E-state index is 12.6. The molecule has 10 heteroatoms. The van der Waals surface area contributed by atoms with E-state index in [1.807, 2.05) is 0 Å². The van der Waals surface area contributed by atoms with E-state index in [9.17, 15) is 30.7 Å². The molecule has 0 unspecified atom stereocenters. The summed E-state index contributed by atoms with van der Waals surface area (Å²) in [6, 6.07) is 0.232. The molecule has 0 aliphatic carbocycles. The Kier molecular flexibility index (Phi) is 3.01. The Balaban J connectivity index is 2.93. The molecular weight excluding hydrogens is 249 g/mol. The van der Waals surface area contributed by atoms with Crippen LogP contribution < -0.4 is 4.84 Å². The number of alkyl halides is 7. The van der Waals surface area contributed by atoms with E-state index in [2.05, 4.69) is 9.94 Å². The number of nitrogens with zero attached hydrogens (tertiary/aromatic N) is 2. The molecule has 1 heterocycles. The minimum Gasteiger partial charge on any atom is -0.327 e. The highest BCUT2D eigenvalue weighted by Crippen LogP contribution is 2.42.